The van der Waals surface area contributed by atoms with Crippen LogP contribution >= 0.6 is 10.0 Å². The average molecular weight is 495 g/mol. The molecule has 0 aliphatic heterocycles. The van der Waals surface area contributed by atoms with Crippen LogP contribution in [-0.2, 0) is 9.59 Å². The first kappa shape index (κ1) is 25.8. The van der Waals surface area contributed by atoms with Crippen LogP contribution in [0.3, 0.4) is 0 Å². The lowest BCUT2D eigenvalue weighted by Crippen LogP contribution is -2.37. The molecule has 0 fully saturated rings. The van der Waals surface area contributed by atoms with E-state index in [1.54, 1.807) is 31.4 Å². The van der Waals surface area contributed by atoms with Gasteiger partial charge >= 0.3 is 0 Å². The van der Waals surface area contributed by atoms with Crippen molar-refractivity contribution in [1.82, 2.24) is 10.3 Å². The van der Waals surface area contributed by atoms with E-state index >= 15 is 0 Å². The fraction of sp³-hybridized carbons (Fsp3) is 0.231. The summed E-state index contributed by atoms with van der Waals surface area (Å²) in [4.78, 5) is 42.7. The molecule has 1 aromatic heterocycles. The predicted octanol–water partition coefficient (Wildman–Crippen LogP) is 4.21. The zero-order valence-corrected chi connectivity index (χ0v) is 21.2. The number of hydrogen-bond donors (Lipinski definition) is 3. The highest BCUT2D eigenvalue weighted by Crippen LogP contribution is 2.45. The van der Waals surface area contributed by atoms with Crippen molar-refractivity contribution in [3.05, 3.63) is 78.0 Å². The average Bonchev–Trinajstić information content (AvgIpc) is 2.82. The molecule has 0 saturated heterocycles. The van der Waals surface area contributed by atoms with E-state index in [0.717, 1.165) is 0 Å². The smallest absolute Gasteiger partial charge is 0.253 e. The predicted molar refractivity (Wildman–Crippen MR) is 140 cm³/mol. The Hall–Kier alpha value is -3.85. The molecule has 35 heavy (non-hydrogen) atoms. The Morgan fingerprint density at radius 1 is 0.886 bits per heavy atom. The fourth-order valence-corrected chi connectivity index (χ4v) is 4.21. The van der Waals surface area contributed by atoms with Crippen molar-refractivity contribution in [1.29, 1.82) is 0 Å². The molecule has 3 N–H and O–H groups in total. The van der Waals surface area contributed by atoms with Gasteiger partial charge in [-0.15, -0.1) is 0 Å². The third-order valence-electron chi connectivity index (χ3n) is 5.15. The van der Waals surface area contributed by atoms with Gasteiger partial charge in [-0.3, -0.25) is 14.4 Å². The van der Waals surface area contributed by atoms with Gasteiger partial charge in [0.15, 0.2) is 0 Å². The van der Waals surface area contributed by atoms with Crippen LogP contribution in [-0.4, -0.2) is 48.6 Å². The molecule has 2 aromatic carbocycles. The maximum atomic E-state index is 13.3. The highest BCUT2D eigenvalue weighted by atomic mass is 32.3. The van der Waals surface area contributed by atoms with E-state index < -0.39 is 22.0 Å². The summed E-state index contributed by atoms with van der Waals surface area (Å²) in [6.07, 6.45) is 7.95. The van der Waals surface area contributed by atoms with Crippen LogP contribution < -0.4 is 20.7 Å². The second kappa shape index (κ2) is 11.1. The monoisotopic (exact) mass is 494 g/mol. The second-order valence-electron chi connectivity index (χ2n) is 8.64. The van der Waals surface area contributed by atoms with Gasteiger partial charge in [-0.1, -0.05) is 12.1 Å². The molecule has 0 radical (unpaired) electrons. The topological polar surface area (TPSA) is 109 Å². The van der Waals surface area contributed by atoms with Crippen molar-refractivity contribution >= 4 is 39.3 Å². The number of amides is 3. The van der Waals surface area contributed by atoms with E-state index in [1.165, 1.54) is 30.1 Å². The molecule has 1 atom stereocenters. The van der Waals surface area contributed by atoms with Gasteiger partial charge in [0, 0.05) is 18.8 Å². The van der Waals surface area contributed by atoms with Crippen LogP contribution in [0, 0.1) is 0 Å². The number of rotatable bonds is 8. The maximum Gasteiger partial charge on any atom is 0.253 e. The number of pyridine rings is 1. The van der Waals surface area contributed by atoms with Crippen LogP contribution in [0.15, 0.2) is 71.8 Å². The van der Waals surface area contributed by atoms with Crippen molar-refractivity contribution in [3.63, 3.8) is 0 Å². The minimum atomic E-state index is -0.962. The van der Waals surface area contributed by atoms with Crippen molar-refractivity contribution < 1.29 is 19.1 Å². The lowest BCUT2D eigenvalue weighted by Gasteiger charge is -2.26. The van der Waals surface area contributed by atoms with Crippen molar-refractivity contribution in [2.75, 3.05) is 36.5 Å². The number of nitrogens with zero attached hydrogens (tertiary/aromatic N) is 1. The molecule has 0 spiro atoms. The number of aromatic nitrogens is 1. The third-order valence-corrected chi connectivity index (χ3v) is 6.83. The quantitative estimate of drug-likeness (QED) is 0.435. The SMILES string of the molecule is COc1ccc(C(NC(=O)c2ccc(NC(C)=O)nc2)C(=O)Nc2ccc(S(C)(C)C)cc2)cc1. The molecular weight excluding hydrogens is 464 g/mol. The first-order chi connectivity index (χ1) is 16.6. The molecular formula is C26H30N4O4S. The number of carbonyl (C=O) groups excluding carboxylic acids is 3. The Morgan fingerprint density at radius 2 is 1.54 bits per heavy atom. The Bertz CT molecular complexity index is 1190. The Morgan fingerprint density at radius 3 is 2.06 bits per heavy atom. The van der Waals surface area contributed by atoms with Crippen LogP contribution in [0.25, 0.3) is 0 Å². The summed E-state index contributed by atoms with van der Waals surface area (Å²) < 4.78 is 5.21. The Labute approximate surface area is 206 Å². The summed E-state index contributed by atoms with van der Waals surface area (Å²) in [7, 11) is 0.676. The molecule has 0 saturated carbocycles. The number of benzene rings is 2. The standard InChI is InChI=1S/C26H30N4O4S/c1-17(31)28-23-15-8-19(16-27-23)25(32)30-24(18-6-11-21(34-2)12-7-18)26(33)29-20-9-13-22(14-10-20)35(3,4)5/h6-16,24H,1-5H3,(H,29,33)(H,30,32)(H,27,28,31). The summed E-state index contributed by atoms with van der Waals surface area (Å²) in [5, 5.41) is 8.24. The molecule has 8 nitrogen and oxygen atoms in total. The number of anilines is 2. The van der Waals surface area contributed by atoms with Gasteiger partial charge in [-0.2, -0.15) is 0 Å². The van der Waals surface area contributed by atoms with E-state index in [1.807, 2.05) is 24.3 Å². The first-order valence-electron chi connectivity index (χ1n) is 10.8. The summed E-state index contributed by atoms with van der Waals surface area (Å²) in [6, 6.07) is 16.8. The number of methoxy groups -OCH3 is 1. The van der Waals surface area contributed by atoms with Gasteiger partial charge in [0.05, 0.1) is 12.7 Å². The van der Waals surface area contributed by atoms with Gasteiger partial charge in [0.25, 0.3) is 11.8 Å². The number of ether oxygens (including phenoxy) is 1. The van der Waals surface area contributed by atoms with Crippen molar-refractivity contribution in [2.24, 2.45) is 0 Å². The van der Waals surface area contributed by atoms with Crippen LogP contribution in [0.4, 0.5) is 11.5 Å². The first-order valence-corrected chi connectivity index (χ1v) is 13.7. The van der Waals surface area contributed by atoms with E-state index in [2.05, 4.69) is 39.7 Å². The van der Waals surface area contributed by atoms with Crippen molar-refractivity contribution in [2.45, 2.75) is 17.9 Å². The maximum absolute atomic E-state index is 13.3. The lowest BCUT2D eigenvalue weighted by molar-refractivity contribution is -0.118. The lowest BCUT2D eigenvalue weighted by atomic mass is 10.0. The molecule has 1 unspecified atom stereocenters. The highest BCUT2D eigenvalue weighted by molar-refractivity contribution is 8.32. The third kappa shape index (κ3) is 7.07. The summed E-state index contributed by atoms with van der Waals surface area (Å²) >= 11 is 0. The molecule has 1 heterocycles. The molecule has 0 aliphatic carbocycles. The zero-order chi connectivity index (χ0) is 25.6. The van der Waals surface area contributed by atoms with Crippen LogP contribution in [0.1, 0.15) is 28.9 Å². The molecule has 184 valence electrons. The van der Waals surface area contributed by atoms with Gasteiger partial charge in [-0.25, -0.2) is 15.0 Å². The molecule has 0 bridgehead atoms. The van der Waals surface area contributed by atoms with E-state index in [-0.39, 0.29) is 17.4 Å². The van der Waals surface area contributed by atoms with E-state index in [9.17, 15) is 14.4 Å². The molecule has 3 aromatic rings. The summed E-state index contributed by atoms with van der Waals surface area (Å²) in [6.45, 7) is 1.37. The fourth-order valence-electron chi connectivity index (χ4n) is 3.25. The second-order valence-corrected chi connectivity index (χ2v) is 12.8. The molecule has 9 heteroatoms. The number of hydrogen-bond acceptors (Lipinski definition) is 5. The van der Waals surface area contributed by atoms with E-state index in [0.29, 0.717) is 22.8 Å². The van der Waals surface area contributed by atoms with Gasteiger partial charge in [-0.05, 0) is 77.8 Å². The largest absolute Gasteiger partial charge is 0.497 e. The Balaban J connectivity index is 1.82. The summed E-state index contributed by atoms with van der Waals surface area (Å²) in [5.74, 6) is -0.157. The molecule has 3 rings (SSSR count). The summed E-state index contributed by atoms with van der Waals surface area (Å²) in [5.41, 5.74) is 1.48. The van der Waals surface area contributed by atoms with E-state index in [4.69, 9.17) is 4.74 Å². The van der Waals surface area contributed by atoms with Crippen LogP contribution in [0.2, 0.25) is 0 Å². The molecule has 0 aliphatic rings. The van der Waals surface area contributed by atoms with Gasteiger partial charge in [0.2, 0.25) is 5.91 Å². The number of nitrogens with one attached hydrogen (secondary N) is 3. The highest BCUT2D eigenvalue weighted by Gasteiger charge is 2.24. The minimum absolute atomic E-state index is 0.253. The van der Waals surface area contributed by atoms with Crippen molar-refractivity contribution in [3.8, 4) is 5.75 Å². The zero-order valence-electron chi connectivity index (χ0n) is 20.4. The van der Waals surface area contributed by atoms with Crippen LogP contribution in [0.5, 0.6) is 5.75 Å². The number of carbonyl (C=O) groups is 3. The van der Waals surface area contributed by atoms with Gasteiger partial charge in [0.1, 0.15) is 17.6 Å². The molecule has 3 amide bonds. The minimum Gasteiger partial charge on any atom is -0.497 e. The Kier molecular flexibility index (Phi) is 8.14. The normalized spacial score (nSPS) is 12.3. The van der Waals surface area contributed by atoms with Gasteiger partial charge < -0.3 is 20.7 Å².